The van der Waals surface area contributed by atoms with Gasteiger partial charge >= 0.3 is 0 Å². The molecule has 2 N–H and O–H groups in total. The number of thiazole rings is 1. The van der Waals surface area contributed by atoms with Gasteiger partial charge in [0, 0.05) is 36.4 Å². The molecule has 1 fully saturated rings. The molecule has 2 aromatic carbocycles. The number of imidazole rings is 1. The number of Topliss-reactive ketones (excluding diaryl/α,β-unsaturated/α-hetero) is 1. The Kier molecular flexibility index (Phi) is 6.00. The van der Waals surface area contributed by atoms with Crippen LogP contribution in [0.3, 0.4) is 0 Å². The fourth-order valence-electron chi connectivity index (χ4n) is 4.66. The lowest BCUT2D eigenvalue weighted by molar-refractivity contribution is 0.0926. The summed E-state index contributed by atoms with van der Waals surface area (Å²) in [5.41, 5.74) is 4.21. The van der Waals surface area contributed by atoms with Gasteiger partial charge in [0.2, 0.25) is 0 Å². The highest BCUT2D eigenvalue weighted by Gasteiger charge is 2.20. The molecule has 0 aliphatic heterocycles. The molecule has 1 aliphatic carbocycles. The van der Waals surface area contributed by atoms with Crippen molar-refractivity contribution in [1.82, 2.24) is 14.7 Å². The Labute approximate surface area is 196 Å². The van der Waals surface area contributed by atoms with Crippen LogP contribution in [0.5, 0.6) is 0 Å². The van der Waals surface area contributed by atoms with Crippen molar-refractivity contribution in [3.05, 3.63) is 59.8 Å². The second kappa shape index (κ2) is 9.08. The van der Waals surface area contributed by atoms with Crippen molar-refractivity contribution in [2.45, 2.75) is 44.6 Å². The molecule has 0 unspecified atom stereocenters. The zero-order valence-electron chi connectivity index (χ0n) is 18.6. The summed E-state index contributed by atoms with van der Waals surface area (Å²) in [6, 6.07) is 13.3. The Hall–Kier alpha value is -3.03. The lowest BCUT2D eigenvalue weighted by Gasteiger charge is -2.24. The molecule has 0 spiro atoms. The number of rotatable bonds is 6. The number of aliphatic hydroxyl groups is 1. The normalized spacial score (nSPS) is 18.6. The first-order valence-corrected chi connectivity index (χ1v) is 12.3. The topological polar surface area (TPSA) is 83.7 Å². The summed E-state index contributed by atoms with van der Waals surface area (Å²) in [5, 5.41) is 12.3. The lowest BCUT2D eigenvalue weighted by atomic mass is 9.84. The third-order valence-corrected chi connectivity index (χ3v) is 7.70. The van der Waals surface area contributed by atoms with Gasteiger partial charge < -0.3 is 10.4 Å². The average Bonchev–Trinajstić information content (AvgIpc) is 3.40. The maximum atomic E-state index is 12.8. The number of carbonyl (C=O) groups excluding carboxylic acids is 2. The van der Waals surface area contributed by atoms with Crippen molar-refractivity contribution in [3.8, 4) is 11.3 Å². The van der Waals surface area contributed by atoms with E-state index in [-0.39, 0.29) is 17.8 Å². The number of aromatic nitrogens is 2. The Morgan fingerprint density at radius 3 is 2.55 bits per heavy atom. The minimum absolute atomic E-state index is 0.110. The molecule has 0 radical (unpaired) electrons. The summed E-state index contributed by atoms with van der Waals surface area (Å²) in [7, 11) is 1.62. The number of amides is 1. The van der Waals surface area contributed by atoms with Crippen molar-refractivity contribution in [2.24, 2.45) is 5.92 Å². The van der Waals surface area contributed by atoms with Crippen LogP contribution in [0.25, 0.3) is 26.4 Å². The molecular weight excluding hydrogens is 434 g/mol. The largest absolute Gasteiger partial charge is 0.393 e. The number of benzene rings is 2. The molecule has 170 valence electrons. The molecule has 0 bridgehead atoms. The molecule has 0 saturated heterocycles. The van der Waals surface area contributed by atoms with Gasteiger partial charge in [-0.3, -0.25) is 14.0 Å². The Balaban J connectivity index is 1.32. The quantitative estimate of drug-likeness (QED) is 0.392. The molecular formula is C26H27N3O3S. The van der Waals surface area contributed by atoms with Crippen molar-refractivity contribution in [3.63, 3.8) is 0 Å². The fourth-order valence-corrected chi connectivity index (χ4v) is 5.71. The Bertz CT molecular complexity index is 1310. The van der Waals surface area contributed by atoms with Gasteiger partial charge in [-0.15, -0.1) is 0 Å². The van der Waals surface area contributed by atoms with Gasteiger partial charge in [0.1, 0.15) is 0 Å². The maximum Gasteiger partial charge on any atom is 0.251 e. The summed E-state index contributed by atoms with van der Waals surface area (Å²) in [6.07, 6.45) is 7.07. The Morgan fingerprint density at radius 2 is 1.82 bits per heavy atom. The van der Waals surface area contributed by atoms with Gasteiger partial charge in [0.15, 0.2) is 10.7 Å². The van der Waals surface area contributed by atoms with E-state index in [0.29, 0.717) is 17.9 Å². The third kappa shape index (κ3) is 4.43. The number of nitrogens with zero attached hydrogens (tertiary/aromatic N) is 2. The second-order valence-electron chi connectivity index (χ2n) is 8.86. The third-order valence-electron chi connectivity index (χ3n) is 6.68. The molecule has 0 atom stereocenters. The van der Waals surface area contributed by atoms with Crippen LogP contribution >= 0.6 is 11.3 Å². The van der Waals surface area contributed by atoms with Crippen molar-refractivity contribution >= 4 is 38.2 Å². The van der Waals surface area contributed by atoms with Crippen LogP contribution in [0.1, 0.15) is 59.2 Å². The van der Waals surface area contributed by atoms with Crippen molar-refractivity contribution < 1.29 is 14.7 Å². The highest BCUT2D eigenvalue weighted by Crippen LogP contribution is 2.32. The minimum Gasteiger partial charge on any atom is -0.393 e. The predicted octanol–water partition coefficient (Wildman–Crippen LogP) is 5.09. The van der Waals surface area contributed by atoms with Gasteiger partial charge in [-0.05, 0) is 68.4 Å². The van der Waals surface area contributed by atoms with E-state index in [9.17, 15) is 14.7 Å². The second-order valence-corrected chi connectivity index (χ2v) is 9.87. The van der Waals surface area contributed by atoms with Crippen LogP contribution in [-0.4, -0.2) is 39.3 Å². The zero-order chi connectivity index (χ0) is 22.9. The molecule has 5 rings (SSSR count). The standard InChI is InChI=1S/C26H27N3O3S/c1-27-25(32)18-7-5-17(6-8-18)21-15-29-22-12-9-19(14-24(22)33-26(29)28-21)23(31)13-4-16-2-10-20(30)11-3-16/h5-9,12,14-16,20,30H,2-4,10-11,13H2,1H3,(H,27,32). The van der Waals surface area contributed by atoms with Crippen LogP contribution in [0.15, 0.2) is 48.7 Å². The summed E-state index contributed by atoms with van der Waals surface area (Å²) < 4.78 is 3.11. The van der Waals surface area contributed by atoms with Gasteiger partial charge in [0.25, 0.3) is 5.91 Å². The van der Waals surface area contributed by atoms with Gasteiger partial charge in [-0.2, -0.15) is 0 Å². The number of carbonyl (C=O) groups is 2. The van der Waals surface area contributed by atoms with Crippen molar-refractivity contribution in [1.29, 1.82) is 0 Å². The molecule has 2 heterocycles. The van der Waals surface area contributed by atoms with Crippen molar-refractivity contribution in [2.75, 3.05) is 7.05 Å². The first kappa shape index (κ1) is 21.8. The number of aliphatic hydroxyl groups excluding tert-OH is 1. The molecule has 2 aromatic heterocycles. The van der Waals surface area contributed by atoms with Crippen LogP contribution in [0, 0.1) is 5.92 Å². The van der Waals surface area contributed by atoms with E-state index in [0.717, 1.165) is 64.1 Å². The number of hydrogen-bond donors (Lipinski definition) is 2. The first-order chi connectivity index (χ1) is 16.0. The fraction of sp³-hybridized carbons (Fsp3) is 0.346. The monoisotopic (exact) mass is 461 g/mol. The highest BCUT2D eigenvalue weighted by molar-refractivity contribution is 7.23. The van der Waals surface area contributed by atoms with E-state index in [1.54, 1.807) is 30.5 Å². The van der Waals surface area contributed by atoms with Crippen LogP contribution in [-0.2, 0) is 0 Å². The van der Waals surface area contributed by atoms with E-state index >= 15 is 0 Å². The number of hydrogen-bond acceptors (Lipinski definition) is 5. The maximum absolute atomic E-state index is 12.8. The van der Waals surface area contributed by atoms with E-state index in [1.807, 2.05) is 36.5 Å². The minimum atomic E-state index is -0.153. The molecule has 4 aromatic rings. The first-order valence-electron chi connectivity index (χ1n) is 11.5. The molecule has 1 aliphatic rings. The van der Waals surface area contributed by atoms with Gasteiger partial charge in [0.05, 0.1) is 22.0 Å². The number of ketones is 1. The summed E-state index contributed by atoms with van der Waals surface area (Å²) in [5.74, 6) is 0.627. The highest BCUT2D eigenvalue weighted by atomic mass is 32.1. The number of fused-ring (bicyclic) bond motifs is 3. The summed E-state index contributed by atoms with van der Waals surface area (Å²) >= 11 is 1.57. The lowest BCUT2D eigenvalue weighted by Crippen LogP contribution is -2.18. The predicted molar refractivity (Wildman–Crippen MR) is 131 cm³/mol. The molecule has 33 heavy (non-hydrogen) atoms. The van der Waals surface area contributed by atoms with Gasteiger partial charge in [-0.25, -0.2) is 4.98 Å². The van der Waals surface area contributed by atoms with E-state index < -0.39 is 0 Å². The molecule has 7 heteroatoms. The van der Waals surface area contributed by atoms with Crippen LogP contribution in [0.4, 0.5) is 0 Å². The molecule has 6 nitrogen and oxygen atoms in total. The molecule has 1 saturated carbocycles. The average molecular weight is 462 g/mol. The van der Waals surface area contributed by atoms with Crippen LogP contribution < -0.4 is 5.32 Å². The van der Waals surface area contributed by atoms with E-state index in [1.165, 1.54) is 0 Å². The summed E-state index contributed by atoms with van der Waals surface area (Å²) in [4.78, 5) is 30.2. The zero-order valence-corrected chi connectivity index (χ0v) is 19.4. The smallest absolute Gasteiger partial charge is 0.251 e. The van der Waals surface area contributed by atoms with Crippen LogP contribution in [0.2, 0.25) is 0 Å². The van der Waals surface area contributed by atoms with Gasteiger partial charge in [-0.1, -0.05) is 23.5 Å². The van der Waals surface area contributed by atoms with E-state index in [2.05, 4.69) is 9.72 Å². The summed E-state index contributed by atoms with van der Waals surface area (Å²) in [6.45, 7) is 0. The SMILES string of the molecule is CNC(=O)c1ccc(-c2cn3c(n2)sc2cc(C(=O)CCC4CCC(O)CC4)ccc23)cc1. The van der Waals surface area contributed by atoms with E-state index in [4.69, 9.17) is 4.98 Å². The molecule has 1 amide bonds. The Morgan fingerprint density at radius 1 is 1.09 bits per heavy atom. The number of nitrogens with one attached hydrogen (secondary N) is 1.